The summed E-state index contributed by atoms with van der Waals surface area (Å²) in [5, 5.41) is 17.4. The fourth-order valence-corrected chi connectivity index (χ4v) is 1.07. The maximum absolute atomic E-state index is 11.3. The Balaban J connectivity index is 3.81. The number of ether oxygens (including phenoxy) is 1. The number of esters is 1. The molecule has 0 aromatic rings. The maximum Gasteiger partial charge on any atom is 0.323 e. The van der Waals surface area contributed by atoms with Gasteiger partial charge in [-0.2, -0.15) is 0 Å². The number of hydrogen-bond acceptors (Lipinski definition) is 7. The smallest absolute Gasteiger partial charge is 0.323 e. The van der Waals surface area contributed by atoms with Crippen LogP contribution >= 0.6 is 0 Å². The molecule has 0 amide bonds. The molecule has 0 heterocycles. The lowest BCUT2D eigenvalue weighted by Crippen LogP contribution is -2.36. The van der Waals surface area contributed by atoms with Crippen LogP contribution < -0.4 is 11.5 Å². The zero-order chi connectivity index (χ0) is 13.3. The van der Waals surface area contributed by atoms with Crippen LogP contribution in [0.25, 0.3) is 0 Å². The van der Waals surface area contributed by atoms with E-state index in [1.165, 1.54) is 0 Å². The van der Waals surface area contributed by atoms with Gasteiger partial charge in [0.1, 0.15) is 12.1 Å². The van der Waals surface area contributed by atoms with Crippen molar-refractivity contribution >= 4 is 11.8 Å². The molecule has 2 atom stereocenters. The molecule has 100 valence electrons. The minimum atomic E-state index is -1.52. The summed E-state index contributed by atoms with van der Waals surface area (Å²) in [6.45, 7) is -0.743. The van der Waals surface area contributed by atoms with E-state index in [4.69, 9.17) is 21.7 Å². The van der Waals surface area contributed by atoms with Gasteiger partial charge in [0.05, 0.1) is 6.61 Å². The molecule has 0 fully saturated rings. The van der Waals surface area contributed by atoms with Crippen LogP contribution in [0.3, 0.4) is 0 Å². The van der Waals surface area contributed by atoms with Gasteiger partial charge in [0.2, 0.25) is 5.78 Å². The number of aliphatic hydroxyl groups excluding tert-OH is 2. The highest BCUT2D eigenvalue weighted by Crippen LogP contribution is 2.00. The van der Waals surface area contributed by atoms with Gasteiger partial charge in [0, 0.05) is 0 Å². The van der Waals surface area contributed by atoms with Gasteiger partial charge in [-0.15, -0.1) is 0 Å². The summed E-state index contributed by atoms with van der Waals surface area (Å²) in [5.41, 5.74) is 10.8. The van der Waals surface area contributed by atoms with E-state index in [0.29, 0.717) is 19.4 Å². The summed E-state index contributed by atoms with van der Waals surface area (Å²) in [5.74, 6) is -1.45. The molecule has 0 rings (SSSR count). The molecule has 7 nitrogen and oxygen atoms in total. The molecule has 0 unspecified atom stereocenters. The van der Waals surface area contributed by atoms with E-state index in [1.807, 2.05) is 0 Å². The summed E-state index contributed by atoms with van der Waals surface area (Å²) in [7, 11) is 0. The number of ketones is 1. The second kappa shape index (κ2) is 9.06. The Bertz CT molecular complexity index is 247. The third kappa shape index (κ3) is 7.01. The Morgan fingerprint density at radius 3 is 2.47 bits per heavy atom. The first kappa shape index (κ1) is 16.0. The summed E-state index contributed by atoms with van der Waals surface area (Å²) >= 11 is 0. The SMILES string of the molecule is NCCCC[C@H](N)C(=O)OCC(=O)[C@H](O)CO. The zero-order valence-corrected chi connectivity index (χ0v) is 9.67. The minimum Gasteiger partial charge on any atom is -0.456 e. The third-order valence-corrected chi connectivity index (χ3v) is 2.17. The first-order chi connectivity index (χ1) is 8.02. The Morgan fingerprint density at radius 2 is 1.94 bits per heavy atom. The zero-order valence-electron chi connectivity index (χ0n) is 9.67. The predicted molar refractivity (Wildman–Crippen MR) is 59.9 cm³/mol. The number of hydrogen-bond donors (Lipinski definition) is 4. The van der Waals surface area contributed by atoms with Gasteiger partial charge in [-0.3, -0.25) is 9.59 Å². The average molecular weight is 248 g/mol. The standard InChI is InChI=1S/C10H20N2O5/c11-4-2-1-3-7(12)10(16)17-6-9(15)8(14)5-13/h7-8,13-14H,1-6,11-12H2/t7-,8+/m0/s1. The molecule has 0 spiro atoms. The Kier molecular flexibility index (Phi) is 8.51. The van der Waals surface area contributed by atoms with Crippen molar-refractivity contribution in [1.82, 2.24) is 0 Å². The maximum atomic E-state index is 11.3. The number of rotatable bonds is 9. The summed E-state index contributed by atoms with van der Waals surface area (Å²) in [6, 6.07) is -0.791. The second-order valence-corrected chi connectivity index (χ2v) is 3.66. The van der Waals surface area contributed by atoms with Crippen molar-refractivity contribution in [2.45, 2.75) is 31.4 Å². The van der Waals surface area contributed by atoms with Crippen LogP contribution in [-0.4, -0.2) is 53.9 Å². The van der Waals surface area contributed by atoms with Gasteiger partial charge in [0.25, 0.3) is 0 Å². The number of carbonyl (C=O) groups is 2. The third-order valence-electron chi connectivity index (χ3n) is 2.17. The molecule has 17 heavy (non-hydrogen) atoms. The van der Waals surface area contributed by atoms with Crippen LogP contribution in [0.1, 0.15) is 19.3 Å². The molecule has 0 aliphatic rings. The van der Waals surface area contributed by atoms with E-state index in [-0.39, 0.29) is 0 Å². The number of nitrogens with two attached hydrogens (primary N) is 2. The van der Waals surface area contributed by atoms with Crippen LogP contribution in [0.2, 0.25) is 0 Å². The fraction of sp³-hybridized carbons (Fsp3) is 0.800. The molecule has 0 aliphatic carbocycles. The second-order valence-electron chi connectivity index (χ2n) is 3.66. The van der Waals surface area contributed by atoms with E-state index < -0.39 is 37.1 Å². The van der Waals surface area contributed by atoms with Crippen molar-refractivity contribution < 1.29 is 24.5 Å². The first-order valence-corrected chi connectivity index (χ1v) is 5.46. The Labute approximate surface area is 99.7 Å². The van der Waals surface area contributed by atoms with Gasteiger partial charge in [-0.05, 0) is 19.4 Å². The fourth-order valence-electron chi connectivity index (χ4n) is 1.07. The van der Waals surface area contributed by atoms with Crippen molar-refractivity contribution in [3.05, 3.63) is 0 Å². The number of aliphatic hydroxyl groups is 2. The molecule has 0 radical (unpaired) electrons. The normalized spacial score (nSPS) is 14.1. The first-order valence-electron chi connectivity index (χ1n) is 5.46. The van der Waals surface area contributed by atoms with Crippen molar-refractivity contribution in [2.24, 2.45) is 11.5 Å². The lowest BCUT2D eigenvalue weighted by molar-refractivity contribution is -0.152. The highest BCUT2D eigenvalue weighted by Gasteiger charge is 2.19. The molecule has 0 saturated heterocycles. The quantitative estimate of drug-likeness (QED) is 0.271. The minimum absolute atomic E-state index is 0.437. The highest BCUT2D eigenvalue weighted by molar-refractivity contribution is 5.86. The van der Waals surface area contributed by atoms with Crippen LogP contribution in [0.4, 0.5) is 0 Å². The molecule has 0 aliphatic heterocycles. The highest BCUT2D eigenvalue weighted by atomic mass is 16.5. The van der Waals surface area contributed by atoms with Crippen LogP contribution in [-0.2, 0) is 14.3 Å². The summed E-state index contributed by atoms with van der Waals surface area (Å²) in [4.78, 5) is 22.3. The number of unbranched alkanes of at least 4 members (excludes halogenated alkanes) is 1. The lowest BCUT2D eigenvalue weighted by Gasteiger charge is -2.11. The average Bonchev–Trinajstić information content (AvgIpc) is 2.34. The van der Waals surface area contributed by atoms with Gasteiger partial charge in [0.15, 0.2) is 6.61 Å². The number of carbonyl (C=O) groups excluding carboxylic acids is 2. The van der Waals surface area contributed by atoms with Crippen LogP contribution in [0.5, 0.6) is 0 Å². The van der Waals surface area contributed by atoms with E-state index in [2.05, 4.69) is 4.74 Å². The monoisotopic (exact) mass is 248 g/mol. The summed E-state index contributed by atoms with van der Waals surface area (Å²) < 4.78 is 4.60. The van der Waals surface area contributed by atoms with Gasteiger partial charge >= 0.3 is 5.97 Å². The van der Waals surface area contributed by atoms with E-state index in [9.17, 15) is 9.59 Å². The lowest BCUT2D eigenvalue weighted by atomic mass is 10.1. The van der Waals surface area contributed by atoms with Crippen LogP contribution in [0.15, 0.2) is 0 Å². The van der Waals surface area contributed by atoms with E-state index in [0.717, 1.165) is 6.42 Å². The van der Waals surface area contributed by atoms with Crippen molar-refractivity contribution in [2.75, 3.05) is 19.8 Å². The molecule has 0 saturated carbocycles. The van der Waals surface area contributed by atoms with E-state index in [1.54, 1.807) is 0 Å². The van der Waals surface area contributed by atoms with Crippen molar-refractivity contribution in [3.8, 4) is 0 Å². The molecule has 0 aromatic heterocycles. The van der Waals surface area contributed by atoms with E-state index >= 15 is 0 Å². The Hall–Kier alpha value is -1.02. The molecule has 0 aromatic carbocycles. The Morgan fingerprint density at radius 1 is 1.29 bits per heavy atom. The number of Topliss-reactive ketones (excluding diaryl/α,β-unsaturated/α-hetero) is 1. The molecular weight excluding hydrogens is 228 g/mol. The topological polar surface area (TPSA) is 136 Å². The van der Waals surface area contributed by atoms with Gasteiger partial charge in [-0.25, -0.2) is 0 Å². The largest absolute Gasteiger partial charge is 0.456 e. The molecule has 0 bridgehead atoms. The molecule has 6 N–H and O–H groups in total. The molecule has 7 heteroatoms. The van der Waals surface area contributed by atoms with Gasteiger partial charge < -0.3 is 26.4 Å². The van der Waals surface area contributed by atoms with Gasteiger partial charge in [-0.1, -0.05) is 6.42 Å². The predicted octanol–water partition coefficient (Wildman–Crippen LogP) is -2.09. The van der Waals surface area contributed by atoms with Crippen molar-refractivity contribution in [1.29, 1.82) is 0 Å². The summed E-state index contributed by atoms with van der Waals surface area (Å²) in [6.07, 6.45) is 0.395. The molecular formula is C10H20N2O5. The van der Waals surface area contributed by atoms with Crippen LogP contribution in [0, 0.1) is 0 Å². The van der Waals surface area contributed by atoms with Crippen molar-refractivity contribution in [3.63, 3.8) is 0 Å².